The first-order valence-electron chi connectivity index (χ1n) is 9.92. The topological polar surface area (TPSA) is 69.7 Å². The third kappa shape index (κ3) is 5.04. The molecule has 1 saturated heterocycles. The van der Waals surface area contributed by atoms with Crippen LogP contribution in [0, 0.1) is 13.8 Å². The van der Waals surface area contributed by atoms with E-state index in [2.05, 4.69) is 5.32 Å². The highest BCUT2D eigenvalue weighted by atomic mass is 32.2. The van der Waals surface area contributed by atoms with Crippen molar-refractivity contribution in [2.75, 3.05) is 26.2 Å². The summed E-state index contributed by atoms with van der Waals surface area (Å²) in [5.41, 5.74) is 3.09. The van der Waals surface area contributed by atoms with Crippen molar-refractivity contribution in [1.82, 2.24) is 14.5 Å². The van der Waals surface area contributed by atoms with Crippen molar-refractivity contribution in [2.24, 2.45) is 0 Å². The molecule has 6 nitrogen and oxygen atoms in total. The molecule has 0 unspecified atom stereocenters. The maximum Gasteiger partial charge on any atom is 0.243 e. The van der Waals surface area contributed by atoms with Gasteiger partial charge in [0, 0.05) is 32.7 Å². The molecule has 1 aliphatic heterocycles. The number of benzene rings is 2. The molecular weight excluding hydrogens is 386 g/mol. The highest BCUT2D eigenvalue weighted by Crippen LogP contribution is 2.21. The molecule has 0 saturated carbocycles. The van der Waals surface area contributed by atoms with Crippen LogP contribution in [0.25, 0.3) is 0 Å². The molecule has 0 aromatic heterocycles. The number of nitrogens with zero attached hydrogens (tertiary/aromatic N) is 2. The Balaban J connectivity index is 1.56. The molecule has 1 N–H and O–H groups in total. The zero-order chi connectivity index (χ0) is 21.0. The van der Waals surface area contributed by atoms with Gasteiger partial charge in [-0.1, -0.05) is 36.4 Å². The van der Waals surface area contributed by atoms with Gasteiger partial charge in [-0.05, 0) is 49.6 Å². The Labute approximate surface area is 173 Å². The summed E-state index contributed by atoms with van der Waals surface area (Å²) in [6.45, 7) is 8.07. The molecule has 156 valence electrons. The van der Waals surface area contributed by atoms with Crippen LogP contribution >= 0.6 is 0 Å². The smallest absolute Gasteiger partial charge is 0.243 e. The van der Waals surface area contributed by atoms with Gasteiger partial charge in [-0.15, -0.1) is 0 Å². The molecule has 29 heavy (non-hydrogen) atoms. The van der Waals surface area contributed by atoms with Crippen molar-refractivity contribution in [3.8, 4) is 0 Å². The summed E-state index contributed by atoms with van der Waals surface area (Å²) in [7, 11) is -3.51. The maximum atomic E-state index is 12.9. The first-order valence-corrected chi connectivity index (χ1v) is 11.4. The molecule has 2 aromatic carbocycles. The van der Waals surface area contributed by atoms with Crippen LogP contribution in [-0.2, 0) is 21.4 Å². The first-order chi connectivity index (χ1) is 13.8. The van der Waals surface area contributed by atoms with E-state index in [1.807, 2.05) is 62.1 Å². The Bertz CT molecular complexity index is 953. The van der Waals surface area contributed by atoms with Crippen molar-refractivity contribution in [3.05, 3.63) is 65.2 Å². The second-order valence-electron chi connectivity index (χ2n) is 7.57. The third-order valence-electron chi connectivity index (χ3n) is 5.63. The van der Waals surface area contributed by atoms with Gasteiger partial charge in [-0.25, -0.2) is 8.42 Å². The maximum absolute atomic E-state index is 12.9. The van der Waals surface area contributed by atoms with Crippen LogP contribution in [-0.4, -0.2) is 55.8 Å². The van der Waals surface area contributed by atoms with Crippen LogP contribution in [0.15, 0.2) is 53.4 Å². The summed E-state index contributed by atoms with van der Waals surface area (Å²) in [6, 6.07) is 14.7. The highest BCUT2D eigenvalue weighted by Gasteiger charge is 2.31. The van der Waals surface area contributed by atoms with E-state index in [4.69, 9.17) is 0 Å². The molecule has 2 aromatic rings. The zero-order valence-electron chi connectivity index (χ0n) is 17.3. The van der Waals surface area contributed by atoms with Gasteiger partial charge < -0.3 is 5.32 Å². The van der Waals surface area contributed by atoms with Gasteiger partial charge in [0.1, 0.15) is 0 Å². The molecule has 1 fully saturated rings. The van der Waals surface area contributed by atoms with Crippen molar-refractivity contribution >= 4 is 15.9 Å². The van der Waals surface area contributed by atoms with Gasteiger partial charge in [-0.3, -0.25) is 9.69 Å². The monoisotopic (exact) mass is 415 g/mol. The summed E-state index contributed by atoms with van der Waals surface area (Å²) < 4.78 is 27.4. The van der Waals surface area contributed by atoms with Crippen LogP contribution in [0.1, 0.15) is 23.6 Å². The van der Waals surface area contributed by atoms with Crippen LogP contribution in [0.2, 0.25) is 0 Å². The highest BCUT2D eigenvalue weighted by molar-refractivity contribution is 7.89. The predicted molar refractivity (Wildman–Crippen MR) is 114 cm³/mol. The minimum absolute atomic E-state index is 0.0423. The molecule has 0 radical (unpaired) electrons. The zero-order valence-corrected chi connectivity index (χ0v) is 18.1. The molecule has 1 aliphatic rings. The number of carbonyl (C=O) groups is 1. The predicted octanol–water partition coefficient (Wildman–Crippen LogP) is 2.31. The first kappa shape index (κ1) is 21.5. The molecule has 0 spiro atoms. The van der Waals surface area contributed by atoms with Gasteiger partial charge in [0.2, 0.25) is 15.9 Å². The Morgan fingerprint density at radius 2 is 1.66 bits per heavy atom. The van der Waals surface area contributed by atoms with Crippen LogP contribution in [0.3, 0.4) is 0 Å². The lowest BCUT2D eigenvalue weighted by Crippen LogP contribution is -2.54. The third-order valence-corrected chi connectivity index (χ3v) is 7.52. The van der Waals surface area contributed by atoms with Crippen molar-refractivity contribution in [1.29, 1.82) is 0 Å². The number of amides is 1. The number of sulfonamides is 1. The van der Waals surface area contributed by atoms with Gasteiger partial charge in [0.05, 0.1) is 10.9 Å². The van der Waals surface area contributed by atoms with E-state index in [0.717, 1.165) is 16.7 Å². The molecule has 1 amide bonds. The fourth-order valence-corrected chi connectivity index (χ4v) is 4.96. The van der Waals surface area contributed by atoms with Gasteiger partial charge in [0.25, 0.3) is 0 Å². The molecule has 7 heteroatoms. The Morgan fingerprint density at radius 1 is 1.00 bits per heavy atom. The largest absolute Gasteiger partial charge is 0.351 e. The number of hydrogen-bond acceptors (Lipinski definition) is 4. The molecule has 3 rings (SSSR count). The molecule has 0 aliphatic carbocycles. The lowest BCUT2D eigenvalue weighted by atomic mass is 10.1. The second-order valence-corrected chi connectivity index (χ2v) is 9.50. The summed E-state index contributed by atoms with van der Waals surface area (Å²) in [5, 5.41) is 2.96. The number of carbonyl (C=O) groups excluding carboxylic acids is 1. The molecule has 1 atom stereocenters. The average molecular weight is 416 g/mol. The van der Waals surface area contributed by atoms with Gasteiger partial charge >= 0.3 is 0 Å². The fraction of sp³-hybridized carbons (Fsp3) is 0.409. The summed E-state index contributed by atoms with van der Waals surface area (Å²) in [4.78, 5) is 14.9. The van der Waals surface area contributed by atoms with E-state index in [1.54, 1.807) is 12.1 Å². The quantitative estimate of drug-likeness (QED) is 0.786. The van der Waals surface area contributed by atoms with E-state index >= 15 is 0 Å². The van der Waals surface area contributed by atoms with E-state index in [1.165, 1.54) is 4.31 Å². The van der Waals surface area contributed by atoms with Crippen molar-refractivity contribution in [2.45, 2.75) is 38.3 Å². The number of rotatable bonds is 6. The SMILES string of the molecule is Cc1ccc(S(=O)(=O)N2CCN([C@@H](C)C(=O)NCc3ccccc3)CC2)cc1C. The van der Waals surface area contributed by atoms with Crippen molar-refractivity contribution in [3.63, 3.8) is 0 Å². The average Bonchev–Trinajstić information content (AvgIpc) is 2.74. The lowest BCUT2D eigenvalue weighted by Gasteiger charge is -2.36. The van der Waals surface area contributed by atoms with E-state index in [9.17, 15) is 13.2 Å². The Kier molecular flexibility index (Phi) is 6.72. The number of hydrogen-bond donors (Lipinski definition) is 1. The summed E-state index contributed by atoms with van der Waals surface area (Å²) in [5.74, 6) is -0.0423. The van der Waals surface area contributed by atoms with Crippen LogP contribution < -0.4 is 5.32 Å². The van der Waals surface area contributed by atoms with Gasteiger partial charge in [0.15, 0.2) is 0 Å². The molecule has 1 heterocycles. The Hall–Kier alpha value is -2.22. The molecular formula is C22H29N3O3S. The second kappa shape index (κ2) is 9.07. The fourth-order valence-electron chi connectivity index (χ4n) is 3.45. The van der Waals surface area contributed by atoms with Crippen LogP contribution in [0.4, 0.5) is 0 Å². The number of piperazine rings is 1. The molecule has 0 bridgehead atoms. The van der Waals surface area contributed by atoms with E-state index in [0.29, 0.717) is 37.6 Å². The van der Waals surface area contributed by atoms with Crippen LogP contribution in [0.5, 0.6) is 0 Å². The van der Waals surface area contributed by atoms with E-state index < -0.39 is 10.0 Å². The Morgan fingerprint density at radius 3 is 2.28 bits per heavy atom. The number of aryl methyl sites for hydroxylation is 2. The normalized spacial score (nSPS) is 17.1. The van der Waals surface area contributed by atoms with Gasteiger partial charge in [-0.2, -0.15) is 4.31 Å². The summed E-state index contributed by atoms with van der Waals surface area (Å²) in [6.07, 6.45) is 0. The minimum atomic E-state index is -3.51. The van der Waals surface area contributed by atoms with Crippen molar-refractivity contribution < 1.29 is 13.2 Å². The standard InChI is InChI=1S/C22H29N3O3S/c1-17-9-10-21(15-18(17)2)29(27,28)25-13-11-24(12-14-25)19(3)22(26)23-16-20-7-5-4-6-8-20/h4-10,15,19H,11-14,16H2,1-3H3,(H,23,26)/t19-/m0/s1. The minimum Gasteiger partial charge on any atom is -0.351 e. The summed E-state index contributed by atoms with van der Waals surface area (Å²) >= 11 is 0. The van der Waals surface area contributed by atoms with E-state index in [-0.39, 0.29) is 11.9 Å². The number of nitrogens with one attached hydrogen (secondary N) is 1. The lowest BCUT2D eigenvalue weighted by molar-refractivity contribution is -0.126.